The number of rotatable bonds is 9. The molecule has 0 spiro atoms. The summed E-state index contributed by atoms with van der Waals surface area (Å²) in [5.74, 6) is -0.795. The second-order valence-corrected chi connectivity index (χ2v) is 6.75. The molecule has 0 unspecified atom stereocenters. The van der Waals surface area contributed by atoms with Gasteiger partial charge in [0.05, 0.1) is 13.2 Å². The Morgan fingerprint density at radius 3 is 2.44 bits per heavy atom. The zero-order valence-corrected chi connectivity index (χ0v) is 15.4. The van der Waals surface area contributed by atoms with Crippen LogP contribution in [0, 0.1) is 0 Å². The fourth-order valence-corrected chi connectivity index (χ4v) is 3.46. The lowest BCUT2D eigenvalue weighted by Gasteiger charge is -2.43. The van der Waals surface area contributed by atoms with Crippen LogP contribution in [0.5, 0.6) is 0 Å². The summed E-state index contributed by atoms with van der Waals surface area (Å²) in [6.07, 6.45) is 1.67. The first-order valence-corrected chi connectivity index (χ1v) is 9.34. The molecular formula is C17H32N4O4. The van der Waals surface area contributed by atoms with Crippen LogP contribution in [0.2, 0.25) is 0 Å². The maximum absolute atomic E-state index is 12.4. The van der Waals surface area contributed by atoms with Crippen molar-refractivity contribution >= 4 is 12.0 Å². The van der Waals surface area contributed by atoms with Crippen molar-refractivity contribution in [3.05, 3.63) is 0 Å². The number of urea groups is 1. The van der Waals surface area contributed by atoms with E-state index in [1.807, 2.05) is 23.6 Å². The van der Waals surface area contributed by atoms with Crippen LogP contribution in [0.3, 0.4) is 0 Å². The number of nitrogens with zero attached hydrogens (tertiary/aromatic N) is 3. The van der Waals surface area contributed by atoms with Crippen molar-refractivity contribution < 1.29 is 19.4 Å². The topological polar surface area (TPSA) is 85.4 Å². The van der Waals surface area contributed by atoms with Crippen molar-refractivity contribution in [3.63, 3.8) is 0 Å². The summed E-state index contributed by atoms with van der Waals surface area (Å²) in [7, 11) is 0. The summed E-state index contributed by atoms with van der Waals surface area (Å²) in [5.41, 5.74) is 0. The monoisotopic (exact) mass is 356 g/mol. The lowest BCUT2D eigenvalue weighted by atomic mass is 9.85. The van der Waals surface area contributed by atoms with E-state index in [0.717, 1.165) is 65.3 Å². The maximum Gasteiger partial charge on any atom is 0.317 e. The molecule has 25 heavy (non-hydrogen) atoms. The van der Waals surface area contributed by atoms with Gasteiger partial charge in [0.25, 0.3) is 0 Å². The summed E-state index contributed by atoms with van der Waals surface area (Å²) in [6, 6.07) is 0.437. The summed E-state index contributed by atoms with van der Waals surface area (Å²) in [6.45, 7) is 10.4. The number of hydrogen-bond acceptors (Lipinski definition) is 5. The molecule has 144 valence electrons. The van der Waals surface area contributed by atoms with Crippen LogP contribution >= 0.6 is 0 Å². The number of likely N-dealkylation sites (N-methyl/N-ethyl adjacent to an activating group) is 1. The molecule has 8 nitrogen and oxygen atoms in total. The van der Waals surface area contributed by atoms with Gasteiger partial charge in [-0.25, -0.2) is 4.79 Å². The molecule has 1 heterocycles. The smallest absolute Gasteiger partial charge is 0.317 e. The number of piperazine rings is 1. The van der Waals surface area contributed by atoms with E-state index in [9.17, 15) is 9.59 Å². The highest BCUT2D eigenvalue weighted by atomic mass is 16.5. The van der Waals surface area contributed by atoms with Gasteiger partial charge in [0, 0.05) is 51.4 Å². The first-order valence-electron chi connectivity index (χ1n) is 9.34. The number of aliphatic carboxylic acids is 1. The van der Waals surface area contributed by atoms with Crippen LogP contribution in [-0.4, -0.2) is 103 Å². The van der Waals surface area contributed by atoms with Gasteiger partial charge in [-0.3, -0.25) is 14.6 Å². The normalized spacial score (nSPS) is 24.2. The lowest BCUT2D eigenvalue weighted by molar-refractivity contribution is -0.139. The van der Waals surface area contributed by atoms with E-state index < -0.39 is 5.97 Å². The van der Waals surface area contributed by atoms with E-state index in [1.165, 1.54) is 0 Å². The third kappa shape index (κ3) is 6.13. The SMILES string of the molecule is CCOCCN1CCN(C(=O)NC2CC(N(CC)CC(=O)O)C2)CC1. The highest BCUT2D eigenvalue weighted by Crippen LogP contribution is 2.25. The molecule has 1 saturated carbocycles. The number of carboxylic acids is 1. The minimum absolute atomic E-state index is 0.00851. The number of carbonyl (C=O) groups is 2. The first kappa shape index (κ1) is 19.9. The van der Waals surface area contributed by atoms with Gasteiger partial charge in [-0.2, -0.15) is 0 Å². The quantitative estimate of drug-likeness (QED) is 0.578. The molecule has 0 bridgehead atoms. The third-order valence-corrected chi connectivity index (χ3v) is 5.12. The highest BCUT2D eigenvalue weighted by molar-refractivity contribution is 5.74. The first-order chi connectivity index (χ1) is 12.0. The Balaban J connectivity index is 1.63. The Labute approximate surface area is 150 Å². The molecule has 8 heteroatoms. The number of amides is 2. The molecule has 2 N–H and O–H groups in total. The molecular weight excluding hydrogens is 324 g/mol. The van der Waals surface area contributed by atoms with Crippen molar-refractivity contribution in [2.75, 3.05) is 59.0 Å². The van der Waals surface area contributed by atoms with Gasteiger partial charge < -0.3 is 20.1 Å². The van der Waals surface area contributed by atoms with E-state index in [-0.39, 0.29) is 24.7 Å². The Bertz CT molecular complexity index is 434. The summed E-state index contributed by atoms with van der Waals surface area (Å²) < 4.78 is 5.37. The number of ether oxygens (including phenoxy) is 1. The zero-order valence-electron chi connectivity index (χ0n) is 15.4. The molecule has 2 rings (SSSR count). The predicted molar refractivity (Wildman–Crippen MR) is 94.7 cm³/mol. The molecule has 0 aromatic rings. The fourth-order valence-electron chi connectivity index (χ4n) is 3.46. The Hall–Kier alpha value is -1.38. The van der Waals surface area contributed by atoms with Gasteiger partial charge in [-0.1, -0.05) is 6.92 Å². The van der Waals surface area contributed by atoms with Crippen LogP contribution in [0.4, 0.5) is 4.79 Å². The van der Waals surface area contributed by atoms with Gasteiger partial charge in [-0.15, -0.1) is 0 Å². The zero-order chi connectivity index (χ0) is 18.2. The largest absolute Gasteiger partial charge is 0.480 e. The molecule has 1 aliphatic heterocycles. The van der Waals surface area contributed by atoms with Gasteiger partial charge >= 0.3 is 12.0 Å². The molecule has 0 aromatic carbocycles. The van der Waals surface area contributed by atoms with Gasteiger partial charge in [0.15, 0.2) is 0 Å². The number of nitrogens with one attached hydrogen (secondary N) is 1. The Morgan fingerprint density at radius 1 is 1.20 bits per heavy atom. The molecule has 0 radical (unpaired) electrons. The number of hydrogen-bond donors (Lipinski definition) is 2. The molecule has 2 aliphatic rings. The van der Waals surface area contributed by atoms with Gasteiger partial charge in [0.1, 0.15) is 0 Å². The summed E-state index contributed by atoms with van der Waals surface area (Å²) >= 11 is 0. The Kier molecular flexibility index (Phi) is 7.92. The van der Waals surface area contributed by atoms with Gasteiger partial charge in [-0.05, 0) is 26.3 Å². The number of carbonyl (C=O) groups excluding carboxylic acids is 1. The average molecular weight is 356 g/mol. The molecule has 1 aliphatic carbocycles. The van der Waals surface area contributed by atoms with E-state index in [4.69, 9.17) is 9.84 Å². The van der Waals surface area contributed by atoms with E-state index in [1.54, 1.807) is 0 Å². The van der Waals surface area contributed by atoms with E-state index >= 15 is 0 Å². The minimum Gasteiger partial charge on any atom is -0.480 e. The van der Waals surface area contributed by atoms with Crippen molar-refractivity contribution in [2.24, 2.45) is 0 Å². The van der Waals surface area contributed by atoms with Crippen LogP contribution in [0.1, 0.15) is 26.7 Å². The summed E-state index contributed by atoms with van der Waals surface area (Å²) in [4.78, 5) is 29.4. The second kappa shape index (κ2) is 9.94. The van der Waals surface area contributed by atoms with E-state index in [2.05, 4.69) is 10.2 Å². The maximum atomic E-state index is 12.4. The molecule has 0 aromatic heterocycles. The van der Waals surface area contributed by atoms with Crippen molar-refractivity contribution in [3.8, 4) is 0 Å². The highest BCUT2D eigenvalue weighted by Gasteiger charge is 2.35. The van der Waals surface area contributed by atoms with Crippen molar-refractivity contribution in [1.82, 2.24) is 20.0 Å². The van der Waals surface area contributed by atoms with Gasteiger partial charge in [0.2, 0.25) is 0 Å². The minimum atomic E-state index is -0.795. The van der Waals surface area contributed by atoms with Crippen molar-refractivity contribution in [1.29, 1.82) is 0 Å². The van der Waals surface area contributed by atoms with Crippen LogP contribution in [0.15, 0.2) is 0 Å². The molecule has 2 fully saturated rings. The molecule has 2 amide bonds. The summed E-state index contributed by atoms with van der Waals surface area (Å²) in [5, 5.41) is 12.0. The third-order valence-electron chi connectivity index (χ3n) is 5.12. The van der Waals surface area contributed by atoms with Crippen LogP contribution < -0.4 is 5.32 Å². The molecule has 1 saturated heterocycles. The van der Waals surface area contributed by atoms with E-state index in [0.29, 0.717) is 0 Å². The predicted octanol–water partition coefficient (Wildman–Crippen LogP) is 0.288. The fraction of sp³-hybridized carbons (Fsp3) is 0.882. The van der Waals surface area contributed by atoms with Crippen LogP contribution in [-0.2, 0) is 9.53 Å². The van der Waals surface area contributed by atoms with Crippen LogP contribution in [0.25, 0.3) is 0 Å². The second-order valence-electron chi connectivity index (χ2n) is 6.75. The standard InChI is InChI=1S/C17H32N4O4/c1-3-20(13-16(22)23)15-11-14(12-15)18-17(24)21-7-5-19(6-8-21)9-10-25-4-2/h14-15H,3-13H2,1-2H3,(H,18,24)(H,22,23). The lowest BCUT2D eigenvalue weighted by Crippen LogP contribution is -2.59. The average Bonchev–Trinajstić information content (AvgIpc) is 2.56. The Morgan fingerprint density at radius 2 is 1.88 bits per heavy atom. The van der Waals surface area contributed by atoms with Crippen molar-refractivity contribution in [2.45, 2.75) is 38.8 Å². The molecule has 0 atom stereocenters. The number of carboxylic acid groups (broad SMARTS) is 1.